The van der Waals surface area contributed by atoms with Crippen LogP contribution in [0.5, 0.6) is 0 Å². The van der Waals surface area contributed by atoms with Gasteiger partial charge in [0.05, 0.1) is 6.61 Å². The molecule has 0 aromatic rings. The predicted molar refractivity (Wildman–Crippen MR) is 62.8 cm³/mol. The van der Waals surface area contributed by atoms with E-state index in [9.17, 15) is 4.79 Å². The van der Waals surface area contributed by atoms with Crippen LogP contribution in [0.15, 0.2) is 12.2 Å². The Kier molecular flexibility index (Phi) is 9.18. The fourth-order valence-corrected chi connectivity index (χ4v) is 1.22. The molecule has 0 rings (SSSR count). The van der Waals surface area contributed by atoms with E-state index in [1.54, 1.807) is 6.92 Å². The molecule has 0 atom stereocenters. The van der Waals surface area contributed by atoms with Crippen LogP contribution < -0.4 is 5.32 Å². The van der Waals surface area contributed by atoms with Crippen molar-refractivity contribution in [1.82, 2.24) is 5.32 Å². The van der Waals surface area contributed by atoms with Gasteiger partial charge < -0.3 is 10.1 Å². The van der Waals surface area contributed by atoms with Crippen LogP contribution in [0.25, 0.3) is 0 Å². The van der Waals surface area contributed by atoms with Crippen LogP contribution in [0.1, 0.15) is 39.5 Å². The molecule has 1 N–H and O–H groups in total. The molecule has 0 aromatic heterocycles. The normalized spacial score (nSPS) is 10.0. The molecule has 3 heteroatoms. The largest absolute Gasteiger partial charge is 0.463 e. The first-order valence-electron chi connectivity index (χ1n) is 5.78. The average molecular weight is 213 g/mol. The molecule has 0 saturated carbocycles. The Hall–Kier alpha value is -0.830. The van der Waals surface area contributed by atoms with Crippen LogP contribution in [0, 0.1) is 0 Å². The van der Waals surface area contributed by atoms with Gasteiger partial charge in [-0.15, -0.1) is 0 Å². The van der Waals surface area contributed by atoms with Gasteiger partial charge in [-0.2, -0.15) is 0 Å². The molecule has 0 unspecified atom stereocenters. The van der Waals surface area contributed by atoms with Crippen LogP contribution >= 0.6 is 0 Å². The topological polar surface area (TPSA) is 38.3 Å². The van der Waals surface area contributed by atoms with Crippen molar-refractivity contribution >= 4 is 5.97 Å². The van der Waals surface area contributed by atoms with Crippen molar-refractivity contribution in [2.24, 2.45) is 0 Å². The maximum absolute atomic E-state index is 11.1. The van der Waals surface area contributed by atoms with Gasteiger partial charge in [-0.05, 0) is 19.9 Å². The molecular formula is C12H23NO2. The van der Waals surface area contributed by atoms with Crippen LogP contribution in [-0.4, -0.2) is 25.7 Å². The Balaban J connectivity index is 3.35. The number of carbonyl (C=O) groups is 1. The molecule has 0 fully saturated rings. The molecule has 0 aromatic carbocycles. The minimum absolute atomic E-state index is 0.293. The van der Waals surface area contributed by atoms with E-state index < -0.39 is 0 Å². The highest BCUT2D eigenvalue weighted by Gasteiger charge is 2.05. The zero-order valence-corrected chi connectivity index (χ0v) is 9.97. The van der Waals surface area contributed by atoms with E-state index in [-0.39, 0.29) is 5.97 Å². The van der Waals surface area contributed by atoms with E-state index in [4.69, 9.17) is 4.74 Å². The number of esters is 1. The molecule has 0 aliphatic rings. The maximum atomic E-state index is 11.1. The molecule has 0 saturated heterocycles. The van der Waals surface area contributed by atoms with E-state index in [0.717, 1.165) is 13.0 Å². The Morgan fingerprint density at radius 1 is 1.27 bits per heavy atom. The zero-order chi connectivity index (χ0) is 11.5. The molecule has 0 amide bonds. The average Bonchev–Trinajstić information content (AvgIpc) is 2.23. The van der Waals surface area contributed by atoms with Crippen molar-refractivity contribution < 1.29 is 9.53 Å². The number of hydrogen-bond donors (Lipinski definition) is 1. The number of unbranched alkanes of at least 4 members (excludes halogenated alkanes) is 3. The monoisotopic (exact) mass is 213 g/mol. The maximum Gasteiger partial charge on any atom is 0.334 e. The fourth-order valence-electron chi connectivity index (χ4n) is 1.22. The Bertz CT molecular complexity index is 190. The summed E-state index contributed by atoms with van der Waals surface area (Å²) in [7, 11) is 0. The lowest BCUT2D eigenvalue weighted by Gasteiger charge is -2.06. The molecule has 88 valence electrons. The van der Waals surface area contributed by atoms with Gasteiger partial charge in [0.15, 0.2) is 0 Å². The molecule has 3 nitrogen and oxygen atoms in total. The lowest BCUT2D eigenvalue weighted by molar-refractivity contribution is -0.138. The molecule has 15 heavy (non-hydrogen) atoms. The van der Waals surface area contributed by atoms with Crippen LogP contribution in [0.4, 0.5) is 0 Å². The van der Waals surface area contributed by atoms with E-state index >= 15 is 0 Å². The zero-order valence-electron chi connectivity index (χ0n) is 9.97. The number of ether oxygens (including phenoxy) is 1. The summed E-state index contributed by atoms with van der Waals surface area (Å²) < 4.78 is 4.82. The Labute approximate surface area is 92.9 Å². The van der Waals surface area contributed by atoms with Gasteiger partial charge in [-0.25, -0.2) is 4.79 Å². The predicted octanol–water partition coefficient (Wildman–Crippen LogP) is 2.28. The molecule has 0 radical (unpaired) electrons. The minimum atomic E-state index is -0.293. The third kappa shape index (κ3) is 8.18. The molecule has 0 bridgehead atoms. The van der Waals surface area contributed by atoms with Gasteiger partial charge in [0.25, 0.3) is 0 Å². The molecule has 0 aliphatic carbocycles. The number of hydrogen-bond acceptors (Lipinski definition) is 3. The van der Waals surface area contributed by atoms with Gasteiger partial charge >= 0.3 is 5.97 Å². The van der Waals surface area contributed by atoms with E-state index in [0.29, 0.717) is 18.7 Å². The summed E-state index contributed by atoms with van der Waals surface area (Å²) in [6.07, 6.45) is 4.93. The van der Waals surface area contributed by atoms with E-state index in [1.165, 1.54) is 19.3 Å². The molecule has 0 heterocycles. The Morgan fingerprint density at radius 2 is 2.00 bits per heavy atom. The minimum Gasteiger partial charge on any atom is -0.463 e. The summed E-state index contributed by atoms with van der Waals surface area (Å²) in [5, 5.41) is 3.18. The molecular weight excluding hydrogens is 190 g/mol. The quantitative estimate of drug-likeness (QED) is 0.363. The van der Waals surface area contributed by atoms with Crippen LogP contribution in [0.2, 0.25) is 0 Å². The van der Waals surface area contributed by atoms with Crippen molar-refractivity contribution in [3.8, 4) is 0 Å². The van der Waals surface area contributed by atoms with Gasteiger partial charge in [0.2, 0.25) is 0 Å². The summed E-state index contributed by atoms with van der Waals surface area (Å²) in [5.41, 5.74) is 0.507. The highest BCUT2D eigenvalue weighted by atomic mass is 16.5. The lowest BCUT2D eigenvalue weighted by Crippen LogP contribution is -2.22. The van der Waals surface area contributed by atoms with Gasteiger partial charge in [-0.1, -0.05) is 32.8 Å². The highest BCUT2D eigenvalue weighted by molar-refractivity contribution is 5.88. The van der Waals surface area contributed by atoms with Crippen molar-refractivity contribution in [2.45, 2.75) is 39.5 Å². The van der Waals surface area contributed by atoms with Crippen molar-refractivity contribution in [3.63, 3.8) is 0 Å². The summed E-state index contributed by atoms with van der Waals surface area (Å²) >= 11 is 0. The van der Waals surface area contributed by atoms with Crippen LogP contribution in [0.3, 0.4) is 0 Å². The third-order valence-corrected chi connectivity index (χ3v) is 2.11. The van der Waals surface area contributed by atoms with Gasteiger partial charge in [-0.3, -0.25) is 0 Å². The second-order valence-corrected chi connectivity index (χ2v) is 3.56. The first-order chi connectivity index (χ1) is 7.22. The summed E-state index contributed by atoms with van der Waals surface area (Å²) in [4.78, 5) is 11.1. The molecule has 0 spiro atoms. The fraction of sp³-hybridized carbons (Fsp3) is 0.750. The van der Waals surface area contributed by atoms with Crippen LogP contribution in [-0.2, 0) is 9.53 Å². The SMILES string of the molecule is C=C(CNCCCCCC)C(=O)OCC. The van der Waals surface area contributed by atoms with Gasteiger partial charge in [0, 0.05) is 12.1 Å². The summed E-state index contributed by atoms with van der Waals surface area (Å²) in [6.45, 7) is 9.54. The van der Waals surface area contributed by atoms with Gasteiger partial charge in [0.1, 0.15) is 0 Å². The standard InChI is InChI=1S/C12H23NO2/c1-4-6-7-8-9-13-10-11(3)12(14)15-5-2/h13H,3-10H2,1-2H3. The lowest BCUT2D eigenvalue weighted by atomic mass is 10.2. The molecule has 0 aliphatic heterocycles. The van der Waals surface area contributed by atoms with Crippen molar-refractivity contribution in [3.05, 3.63) is 12.2 Å². The third-order valence-electron chi connectivity index (χ3n) is 2.11. The summed E-state index contributed by atoms with van der Waals surface area (Å²) in [6, 6.07) is 0. The second-order valence-electron chi connectivity index (χ2n) is 3.56. The van der Waals surface area contributed by atoms with Crippen molar-refractivity contribution in [1.29, 1.82) is 0 Å². The van der Waals surface area contributed by atoms with E-state index in [1.807, 2.05) is 0 Å². The Morgan fingerprint density at radius 3 is 2.60 bits per heavy atom. The second kappa shape index (κ2) is 9.71. The van der Waals surface area contributed by atoms with Crippen molar-refractivity contribution in [2.75, 3.05) is 19.7 Å². The number of carbonyl (C=O) groups excluding carboxylic acids is 1. The van der Waals surface area contributed by atoms with E-state index in [2.05, 4.69) is 18.8 Å². The summed E-state index contributed by atoms with van der Waals surface area (Å²) in [5.74, 6) is -0.293. The number of rotatable bonds is 9. The number of nitrogens with one attached hydrogen (secondary N) is 1. The highest BCUT2D eigenvalue weighted by Crippen LogP contribution is 1.98. The first-order valence-corrected chi connectivity index (χ1v) is 5.78. The smallest absolute Gasteiger partial charge is 0.334 e. The first kappa shape index (κ1) is 14.2.